The molecule has 0 saturated heterocycles. The van der Waals surface area contributed by atoms with E-state index in [1.54, 1.807) is 48.2 Å². The average molecular weight is 608 g/mol. The maximum absolute atomic E-state index is 14.2. The first-order valence-corrected chi connectivity index (χ1v) is 13.3. The molecule has 1 aliphatic heterocycles. The van der Waals surface area contributed by atoms with Crippen molar-refractivity contribution in [3.8, 4) is 17.2 Å². The maximum Gasteiger partial charge on any atom is 0.255 e. The summed E-state index contributed by atoms with van der Waals surface area (Å²) in [5.74, 6) is 1.19. The van der Waals surface area contributed by atoms with Crippen molar-refractivity contribution >= 4 is 33.5 Å². The molecule has 206 valence electrons. The summed E-state index contributed by atoms with van der Waals surface area (Å²) in [6.45, 7) is 4.05. The molecule has 2 N–H and O–H groups in total. The van der Waals surface area contributed by atoms with Gasteiger partial charge in [0, 0.05) is 11.3 Å². The van der Waals surface area contributed by atoms with E-state index in [4.69, 9.17) is 14.2 Å². The van der Waals surface area contributed by atoms with Crippen LogP contribution in [0.3, 0.4) is 0 Å². The number of ether oxygens (including phenoxy) is 3. The van der Waals surface area contributed by atoms with E-state index in [9.17, 15) is 9.18 Å². The molecule has 1 unspecified atom stereocenters. The van der Waals surface area contributed by atoms with E-state index < -0.39 is 6.04 Å². The summed E-state index contributed by atoms with van der Waals surface area (Å²) in [6, 6.07) is 16.6. The molecule has 1 atom stereocenters. The molecule has 1 aliphatic rings. The van der Waals surface area contributed by atoms with E-state index in [1.165, 1.54) is 12.4 Å². The lowest BCUT2D eigenvalue weighted by Gasteiger charge is -2.29. The van der Waals surface area contributed by atoms with Crippen LogP contribution >= 0.6 is 15.9 Å². The van der Waals surface area contributed by atoms with E-state index in [0.29, 0.717) is 62.4 Å². The normalized spacial score (nSPS) is 14.3. The van der Waals surface area contributed by atoms with Gasteiger partial charge in [-0.1, -0.05) is 30.3 Å². The van der Waals surface area contributed by atoms with Gasteiger partial charge in [-0.2, -0.15) is 10.1 Å². The Bertz CT molecular complexity index is 1590. The second kappa shape index (κ2) is 11.8. The van der Waals surface area contributed by atoms with Crippen molar-refractivity contribution in [3.05, 3.63) is 99.7 Å². The number of para-hydroxylation sites is 2. The molecule has 0 fully saturated rings. The van der Waals surface area contributed by atoms with Crippen LogP contribution in [0, 0.1) is 5.82 Å². The number of nitrogens with zero attached hydrogens (tertiary/aromatic N) is 3. The van der Waals surface area contributed by atoms with Crippen LogP contribution in [0.4, 0.5) is 16.0 Å². The highest BCUT2D eigenvalue weighted by Gasteiger charge is 2.35. The fourth-order valence-corrected chi connectivity index (χ4v) is 5.12. The second-order valence-electron chi connectivity index (χ2n) is 8.89. The number of hydrogen-bond acceptors (Lipinski definition) is 7. The monoisotopic (exact) mass is 607 g/mol. The summed E-state index contributed by atoms with van der Waals surface area (Å²) in [4.78, 5) is 18.1. The molecule has 0 spiro atoms. The Balaban J connectivity index is 1.54. The number of nitrogens with one attached hydrogen (secondary N) is 2. The first-order valence-electron chi connectivity index (χ1n) is 12.5. The zero-order valence-electron chi connectivity index (χ0n) is 22.1. The summed E-state index contributed by atoms with van der Waals surface area (Å²) in [5, 5.41) is 10.5. The SMILES string of the molecule is CCOc1cc(C2C(C(=O)Nc3ccccc3OC)=C(C)Nc3ncnn32)cc(Br)c1OCc1ccccc1F. The van der Waals surface area contributed by atoms with Gasteiger partial charge < -0.3 is 24.8 Å². The molecule has 1 amide bonds. The number of hydrogen-bond donors (Lipinski definition) is 2. The van der Waals surface area contributed by atoms with Crippen LogP contribution in [0.1, 0.15) is 31.0 Å². The second-order valence-corrected chi connectivity index (χ2v) is 9.75. The molecule has 3 aromatic carbocycles. The molecule has 11 heteroatoms. The van der Waals surface area contributed by atoms with E-state index >= 15 is 0 Å². The summed E-state index contributed by atoms with van der Waals surface area (Å²) in [7, 11) is 1.55. The van der Waals surface area contributed by atoms with E-state index in [1.807, 2.05) is 32.0 Å². The lowest BCUT2D eigenvalue weighted by Crippen LogP contribution is -2.31. The van der Waals surface area contributed by atoms with E-state index in [2.05, 4.69) is 36.6 Å². The van der Waals surface area contributed by atoms with Crippen LogP contribution in [-0.4, -0.2) is 34.4 Å². The number of fused-ring (bicyclic) bond motifs is 1. The van der Waals surface area contributed by atoms with Crippen LogP contribution in [0.5, 0.6) is 17.2 Å². The van der Waals surface area contributed by atoms with Crippen molar-refractivity contribution in [1.82, 2.24) is 14.8 Å². The quantitative estimate of drug-likeness (QED) is 0.237. The number of rotatable bonds is 9. The first-order chi connectivity index (χ1) is 19.4. The smallest absolute Gasteiger partial charge is 0.255 e. The van der Waals surface area contributed by atoms with E-state index in [0.717, 1.165) is 0 Å². The Kier molecular flexibility index (Phi) is 8.01. The largest absolute Gasteiger partial charge is 0.495 e. The summed E-state index contributed by atoms with van der Waals surface area (Å²) >= 11 is 3.61. The fourth-order valence-electron chi connectivity index (χ4n) is 4.54. The third-order valence-corrected chi connectivity index (χ3v) is 6.96. The molecular weight excluding hydrogens is 581 g/mol. The predicted octanol–water partition coefficient (Wildman–Crippen LogP) is 6.09. The molecule has 0 bridgehead atoms. The highest BCUT2D eigenvalue weighted by Crippen LogP contribution is 2.43. The zero-order chi connectivity index (χ0) is 28.2. The summed E-state index contributed by atoms with van der Waals surface area (Å²) in [5.41, 5.74) is 2.70. The molecule has 0 saturated carbocycles. The minimum absolute atomic E-state index is 0.0108. The molecule has 0 aliphatic carbocycles. The molecule has 40 heavy (non-hydrogen) atoms. The van der Waals surface area contributed by atoms with Crippen LogP contribution < -0.4 is 24.8 Å². The molecule has 0 radical (unpaired) electrons. The molecule has 1 aromatic heterocycles. The highest BCUT2D eigenvalue weighted by atomic mass is 79.9. The number of benzene rings is 3. The standard InChI is InChI=1S/C29H27BrFN5O4/c1-4-39-24-14-19(13-20(30)27(24)40-15-18-9-5-6-10-21(18)31)26-25(17(2)34-29-32-16-33-36(26)29)28(37)35-22-11-7-8-12-23(22)38-3/h5-14,16,26H,4,15H2,1-3H3,(H,35,37)(H,32,33,34). The van der Waals surface area contributed by atoms with Gasteiger partial charge in [0.25, 0.3) is 5.91 Å². The van der Waals surface area contributed by atoms with Crippen LogP contribution in [0.2, 0.25) is 0 Å². The molecule has 2 heterocycles. The van der Waals surface area contributed by atoms with Gasteiger partial charge in [-0.15, -0.1) is 0 Å². The number of halogens is 2. The van der Waals surface area contributed by atoms with Gasteiger partial charge in [-0.25, -0.2) is 9.07 Å². The van der Waals surface area contributed by atoms with Gasteiger partial charge in [0.2, 0.25) is 5.95 Å². The predicted molar refractivity (Wildman–Crippen MR) is 152 cm³/mol. The van der Waals surface area contributed by atoms with Crippen LogP contribution in [0.15, 0.2) is 82.7 Å². The summed E-state index contributed by atoms with van der Waals surface area (Å²) < 4.78 is 33.8. The van der Waals surface area contributed by atoms with Crippen molar-refractivity contribution in [2.45, 2.75) is 26.5 Å². The molecule has 4 aromatic rings. The van der Waals surface area contributed by atoms with E-state index in [-0.39, 0.29) is 18.3 Å². The average Bonchev–Trinajstić information content (AvgIpc) is 3.41. The Morgan fingerprint density at radius 1 is 1.12 bits per heavy atom. The van der Waals surface area contributed by atoms with Crippen molar-refractivity contribution in [2.24, 2.45) is 0 Å². The number of methoxy groups -OCH3 is 1. The number of anilines is 2. The van der Waals surface area contributed by atoms with Gasteiger partial charge in [0.05, 0.1) is 29.4 Å². The molecular formula is C29H27BrFN5O4. The lowest BCUT2D eigenvalue weighted by atomic mass is 9.94. The number of carbonyl (C=O) groups is 1. The number of aromatic nitrogens is 3. The number of amides is 1. The minimum Gasteiger partial charge on any atom is -0.495 e. The lowest BCUT2D eigenvalue weighted by molar-refractivity contribution is -0.113. The van der Waals surface area contributed by atoms with Crippen molar-refractivity contribution in [2.75, 3.05) is 24.4 Å². The molecule has 5 rings (SSSR count). The zero-order valence-corrected chi connectivity index (χ0v) is 23.7. The maximum atomic E-state index is 14.2. The number of allylic oxidation sites excluding steroid dienone is 1. The highest BCUT2D eigenvalue weighted by molar-refractivity contribution is 9.10. The third kappa shape index (κ3) is 5.37. The van der Waals surface area contributed by atoms with Crippen LogP contribution in [-0.2, 0) is 11.4 Å². The molecule has 9 nitrogen and oxygen atoms in total. The van der Waals surface area contributed by atoms with Crippen molar-refractivity contribution in [1.29, 1.82) is 0 Å². The van der Waals surface area contributed by atoms with Crippen LogP contribution in [0.25, 0.3) is 0 Å². The fraction of sp³-hybridized carbons (Fsp3) is 0.207. The Morgan fingerprint density at radius 3 is 2.67 bits per heavy atom. The van der Waals surface area contributed by atoms with Gasteiger partial charge in [0.1, 0.15) is 30.5 Å². The summed E-state index contributed by atoms with van der Waals surface area (Å²) in [6.07, 6.45) is 1.42. The Hall–Kier alpha value is -4.38. The van der Waals surface area contributed by atoms with Gasteiger partial charge in [-0.3, -0.25) is 4.79 Å². The van der Waals surface area contributed by atoms with Crippen molar-refractivity contribution in [3.63, 3.8) is 0 Å². The van der Waals surface area contributed by atoms with Gasteiger partial charge >= 0.3 is 0 Å². The third-order valence-electron chi connectivity index (χ3n) is 6.37. The Labute approximate surface area is 239 Å². The topological polar surface area (TPSA) is 99.5 Å². The Morgan fingerprint density at radius 2 is 1.90 bits per heavy atom. The number of carbonyl (C=O) groups excluding carboxylic acids is 1. The van der Waals surface area contributed by atoms with Gasteiger partial charge in [-0.05, 0) is 65.7 Å². The van der Waals surface area contributed by atoms with Gasteiger partial charge in [0.15, 0.2) is 11.5 Å². The minimum atomic E-state index is -0.649. The first kappa shape index (κ1) is 27.2. The van der Waals surface area contributed by atoms with Crippen molar-refractivity contribution < 1.29 is 23.4 Å².